The molecule has 0 aromatic heterocycles. The molecule has 22 heavy (non-hydrogen) atoms. The van der Waals surface area contributed by atoms with Gasteiger partial charge in [-0.15, -0.1) is 0 Å². The van der Waals surface area contributed by atoms with E-state index in [0.717, 1.165) is 43.4 Å². The van der Waals surface area contributed by atoms with Gasteiger partial charge in [-0.25, -0.2) is 4.83 Å². The maximum Gasteiger partial charge on any atom is 0.276 e. The van der Waals surface area contributed by atoms with Gasteiger partial charge in [0.1, 0.15) is 0 Å². The zero-order valence-electron chi connectivity index (χ0n) is 13.1. The summed E-state index contributed by atoms with van der Waals surface area (Å²) in [5.41, 5.74) is 2.29. The molecular weight excluding hydrogens is 296 g/mol. The van der Waals surface area contributed by atoms with Gasteiger partial charge in [-0.1, -0.05) is 37.0 Å². The maximum atomic E-state index is 12.4. The summed E-state index contributed by atoms with van der Waals surface area (Å²) in [7, 11) is -3.56. The minimum atomic E-state index is -3.56. The van der Waals surface area contributed by atoms with E-state index in [9.17, 15) is 8.42 Å². The van der Waals surface area contributed by atoms with Crippen molar-refractivity contribution in [2.24, 2.45) is 10.5 Å². The molecule has 0 radical (unpaired) electrons. The lowest BCUT2D eigenvalue weighted by Crippen LogP contribution is -2.34. The molecule has 4 nitrogen and oxygen atoms in total. The molecule has 0 bridgehead atoms. The minimum Gasteiger partial charge on any atom is -0.200 e. The van der Waals surface area contributed by atoms with Gasteiger partial charge in [-0.2, -0.15) is 13.5 Å². The van der Waals surface area contributed by atoms with Gasteiger partial charge < -0.3 is 0 Å². The largest absolute Gasteiger partial charge is 0.276 e. The van der Waals surface area contributed by atoms with E-state index in [0.29, 0.717) is 0 Å². The van der Waals surface area contributed by atoms with E-state index in [1.807, 2.05) is 6.92 Å². The van der Waals surface area contributed by atoms with Crippen LogP contribution < -0.4 is 4.83 Å². The Morgan fingerprint density at radius 2 is 1.59 bits per heavy atom. The van der Waals surface area contributed by atoms with E-state index in [1.54, 1.807) is 24.3 Å². The Morgan fingerprint density at radius 3 is 2.23 bits per heavy atom. The van der Waals surface area contributed by atoms with Crippen molar-refractivity contribution in [1.29, 1.82) is 0 Å². The van der Waals surface area contributed by atoms with Crippen LogP contribution in [-0.4, -0.2) is 14.1 Å². The predicted molar refractivity (Wildman–Crippen MR) is 88.3 cm³/mol. The van der Waals surface area contributed by atoms with Crippen molar-refractivity contribution < 1.29 is 8.42 Å². The summed E-state index contributed by atoms with van der Waals surface area (Å²) in [5, 5.41) is 4.37. The number of hydrogen-bond donors (Lipinski definition) is 1. The van der Waals surface area contributed by atoms with Gasteiger partial charge in [0.05, 0.1) is 4.90 Å². The molecule has 2 aliphatic carbocycles. The number of nitrogens with zero attached hydrogens (tertiary/aromatic N) is 1. The Labute approximate surface area is 133 Å². The van der Waals surface area contributed by atoms with Crippen molar-refractivity contribution in [2.75, 3.05) is 0 Å². The molecule has 120 valence electrons. The van der Waals surface area contributed by atoms with Crippen LogP contribution in [0.3, 0.4) is 0 Å². The van der Waals surface area contributed by atoms with Crippen molar-refractivity contribution in [3.63, 3.8) is 0 Å². The van der Waals surface area contributed by atoms with Gasteiger partial charge in [0.25, 0.3) is 10.0 Å². The van der Waals surface area contributed by atoms with Crippen LogP contribution in [-0.2, 0) is 10.0 Å². The van der Waals surface area contributed by atoms with E-state index in [1.165, 1.54) is 19.3 Å². The number of aryl methyl sites for hydroxylation is 1. The third-order valence-electron chi connectivity index (χ3n) is 5.12. The van der Waals surface area contributed by atoms with Crippen molar-refractivity contribution in [1.82, 2.24) is 4.83 Å². The highest BCUT2D eigenvalue weighted by atomic mass is 32.2. The third kappa shape index (κ3) is 3.05. The normalized spacial score (nSPS) is 23.0. The Kier molecular flexibility index (Phi) is 4.26. The summed E-state index contributed by atoms with van der Waals surface area (Å²) in [4.78, 5) is 2.75. The SMILES string of the molecule is Cc1ccc(S(=O)(=O)N/N=C2/CCCCC23CCCC3)cc1. The zero-order valence-corrected chi connectivity index (χ0v) is 14.0. The van der Waals surface area contributed by atoms with E-state index < -0.39 is 10.0 Å². The average Bonchev–Trinajstić information content (AvgIpc) is 2.96. The number of rotatable bonds is 3. The molecule has 0 saturated heterocycles. The van der Waals surface area contributed by atoms with Crippen molar-refractivity contribution in [3.8, 4) is 0 Å². The fraction of sp³-hybridized carbons (Fsp3) is 0.588. The second-order valence-electron chi connectivity index (χ2n) is 6.66. The van der Waals surface area contributed by atoms with Gasteiger partial charge in [0, 0.05) is 11.1 Å². The van der Waals surface area contributed by atoms with Gasteiger partial charge in [-0.3, -0.25) is 0 Å². The van der Waals surface area contributed by atoms with E-state index in [4.69, 9.17) is 0 Å². The molecular formula is C17H24N2O2S. The molecule has 0 heterocycles. The second kappa shape index (κ2) is 6.03. The summed E-state index contributed by atoms with van der Waals surface area (Å²) in [6, 6.07) is 6.87. The van der Waals surface area contributed by atoms with Gasteiger partial charge in [0.15, 0.2) is 0 Å². The van der Waals surface area contributed by atoms with Crippen LogP contribution in [0.4, 0.5) is 0 Å². The monoisotopic (exact) mass is 320 g/mol. The smallest absolute Gasteiger partial charge is 0.200 e. The van der Waals surface area contributed by atoms with Gasteiger partial charge >= 0.3 is 0 Å². The molecule has 5 heteroatoms. The fourth-order valence-corrected chi connectivity index (χ4v) is 4.65. The number of hydrazone groups is 1. The molecule has 0 unspecified atom stereocenters. The molecule has 1 N–H and O–H groups in total. The van der Waals surface area contributed by atoms with Crippen LogP contribution in [0.2, 0.25) is 0 Å². The topological polar surface area (TPSA) is 58.5 Å². The highest BCUT2D eigenvalue weighted by Crippen LogP contribution is 2.47. The highest BCUT2D eigenvalue weighted by Gasteiger charge is 2.40. The predicted octanol–water partition coefficient (Wildman–Crippen LogP) is 3.76. The van der Waals surface area contributed by atoms with Gasteiger partial charge in [-0.05, 0) is 51.2 Å². The van der Waals surface area contributed by atoms with Crippen molar-refractivity contribution in [2.45, 2.75) is 63.2 Å². The molecule has 2 saturated carbocycles. The first-order chi connectivity index (χ1) is 10.5. The van der Waals surface area contributed by atoms with Crippen LogP contribution in [0.1, 0.15) is 56.9 Å². The molecule has 1 aromatic carbocycles. The number of sulfonamides is 1. The first-order valence-corrected chi connectivity index (χ1v) is 9.66. The van der Waals surface area contributed by atoms with Crippen molar-refractivity contribution in [3.05, 3.63) is 29.8 Å². The van der Waals surface area contributed by atoms with Crippen LogP contribution >= 0.6 is 0 Å². The molecule has 2 fully saturated rings. The van der Waals surface area contributed by atoms with Gasteiger partial charge in [0.2, 0.25) is 0 Å². The van der Waals surface area contributed by atoms with Crippen LogP contribution in [0.5, 0.6) is 0 Å². The number of benzene rings is 1. The van der Waals surface area contributed by atoms with E-state index >= 15 is 0 Å². The lowest BCUT2D eigenvalue weighted by Gasteiger charge is -2.34. The lowest BCUT2D eigenvalue weighted by molar-refractivity contribution is 0.348. The second-order valence-corrected chi connectivity index (χ2v) is 8.32. The summed E-state index contributed by atoms with van der Waals surface area (Å²) < 4.78 is 24.7. The summed E-state index contributed by atoms with van der Waals surface area (Å²) in [6.07, 6.45) is 9.26. The highest BCUT2D eigenvalue weighted by molar-refractivity contribution is 7.89. The van der Waals surface area contributed by atoms with Crippen LogP contribution in [0.15, 0.2) is 34.3 Å². The lowest BCUT2D eigenvalue weighted by atomic mass is 9.71. The third-order valence-corrected chi connectivity index (χ3v) is 6.35. The number of hydrogen-bond acceptors (Lipinski definition) is 3. The molecule has 3 rings (SSSR count). The Balaban J connectivity index is 1.81. The number of nitrogens with one attached hydrogen (secondary N) is 1. The zero-order chi connectivity index (χ0) is 15.6. The molecule has 1 spiro atoms. The summed E-state index contributed by atoms with van der Waals surface area (Å²) in [5.74, 6) is 0. The molecule has 1 aromatic rings. The Bertz CT molecular complexity index is 656. The Morgan fingerprint density at radius 1 is 1.00 bits per heavy atom. The van der Waals surface area contributed by atoms with Crippen LogP contribution in [0, 0.1) is 12.3 Å². The molecule has 0 atom stereocenters. The van der Waals surface area contributed by atoms with Crippen molar-refractivity contribution >= 4 is 15.7 Å². The first kappa shape index (κ1) is 15.5. The van der Waals surface area contributed by atoms with E-state index in [-0.39, 0.29) is 10.3 Å². The fourth-order valence-electron chi connectivity index (χ4n) is 3.82. The quantitative estimate of drug-likeness (QED) is 0.862. The van der Waals surface area contributed by atoms with E-state index in [2.05, 4.69) is 9.93 Å². The average molecular weight is 320 g/mol. The molecule has 0 aliphatic heterocycles. The molecule has 0 amide bonds. The summed E-state index contributed by atoms with van der Waals surface area (Å²) >= 11 is 0. The summed E-state index contributed by atoms with van der Waals surface area (Å²) in [6.45, 7) is 1.94. The minimum absolute atomic E-state index is 0.175. The molecule has 2 aliphatic rings. The first-order valence-electron chi connectivity index (χ1n) is 8.17. The maximum absolute atomic E-state index is 12.4. The van der Waals surface area contributed by atoms with Crippen LogP contribution in [0.25, 0.3) is 0 Å². The Hall–Kier alpha value is -1.36. The standard InChI is InChI=1S/C17H24N2O2S/c1-14-7-9-15(10-8-14)22(20,21)19-18-16-6-2-3-11-17(16)12-4-5-13-17/h7-10,19H,2-6,11-13H2,1H3/b18-16-.